The minimum atomic E-state index is -4.59. The predicted octanol–water partition coefficient (Wildman–Crippen LogP) is 2.09. The molecule has 1 N–H and O–H groups in total. The Morgan fingerprint density at radius 2 is 1.97 bits per heavy atom. The van der Waals surface area contributed by atoms with Crippen LogP contribution >= 0.6 is 0 Å². The number of hydrogen-bond donors (Lipinski definition) is 1. The molecule has 4 rings (SSSR count). The number of amides is 1. The zero-order valence-electron chi connectivity index (χ0n) is 15.9. The van der Waals surface area contributed by atoms with Crippen LogP contribution in [0.3, 0.4) is 0 Å². The van der Waals surface area contributed by atoms with E-state index in [1.54, 1.807) is 30.6 Å². The van der Waals surface area contributed by atoms with Crippen molar-refractivity contribution in [3.8, 4) is 11.3 Å². The average molecular weight is 431 g/mol. The van der Waals surface area contributed by atoms with E-state index < -0.39 is 29.9 Å². The molecule has 0 saturated carbocycles. The Kier molecular flexibility index (Phi) is 5.51. The van der Waals surface area contributed by atoms with Crippen LogP contribution in [0.25, 0.3) is 11.3 Å². The molecule has 0 aromatic carbocycles. The highest BCUT2D eigenvalue weighted by molar-refractivity contribution is 5.94. The number of alkyl halides is 3. The first-order valence-corrected chi connectivity index (χ1v) is 9.25. The maximum atomic E-state index is 12.7. The molecule has 160 valence electrons. The summed E-state index contributed by atoms with van der Waals surface area (Å²) in [6.45, 7) is 0.259. The largest absolute Gasteiger partial charge is 0.433 e. The fourth-order valence-electron chi connectivity index (χ4n) is 3.20. The Morgan fingerprint density at radius 3 is 2.65 bits per heavy atom. The van der Waals surface area contributed by atoms with Crippen molar-refractivity contribution >= 4 is 5.91 Å². The second-order valence-electron chi connectivity index (χ2n) is 6.86. The van der Waals surface area contributed by atoms with Crippen LogP contribution in [-0.4, -0.2) is 44.9 Å². The maximum Gasteiger partial charge on any atom is 0.433 e. The Balaban J connectivity index is 1.54. The van der Waals surface area contributed by atoms with E-state index in [-0.39, 0.29) is 24.3 Å². The summed E-state index contributed by atoms with van der Waals surface area (Å²) in [4.78, 5) is 32.3. The molecule has 2 atom stereocenters. The number of hydrogen-bond acceptors (Lipinski definition) is 6. The van der Waals surface area contributed by atoms with E-state index in [4.69, 9.17) is 4.74 Å². The molecule has 1 aliphatic heterocycles. The molecule has 31 heavy (non-hydrogen) atoms. The van der Waals surface area contributed by atoms with E-state index in [1.807, 2.05) is 0 Å². The van der Waals surface area contributed by atoms with E-state index in [0.29, 0.717) is 11.3 Å². The number of nitrogens with one attached hydrogen (secondary N) is 1. The Bertz CT molecular complexity index is 1130. The van der Waals surface area contributed by atoms with Crippen LogP contribution in [0.2, 0.25) is 0 Å². The molecule has 2 unspecified atom stereocenters. The molecule has 11 heteroatoms. The molecular formula is C20H16F3N5O3. The summed E-state index contributed by atoms with van der Waals surface area (Å²) in [5, 5.41) is 7.08. The van der Waals surface area contributed by atoms with Crippen LogP contribution in [0.4, 0.5) is 13.2 Å². The minimum absolute atomic E-state index is 0.0388. The maximum absolute atomic E-state index is 12.7. The number of nitrogens with zero attached hydrogens (tertiary/aromatic N) is 4. The molecule has 1 saturated heterocycles. The highest BCUT2D eigenvalue weighted by Gasteiger charge is 2.34. The Hall–Kier alpha value is -3.60. The fraction of sp³-hybridized carbons (Fsp3) is 0.250. The third kappa shape index (κ3) is 4.45. The molecule has 8 nitrogen and oxygen atoms in total. The highest BCUT2D eigenvalue weighted by Crippen LogP contribution is 2.27. The Morgan fingerprint density at radius 1 is 1.13 bits per heavy atom. The quantitative estimate of drug-likeness (QED) is 0.679. The van der Waals surface area contributed by atoms with Crippen LogP contribution in [0.1, 0.15) is 22.1 Å². The van der Waals surface area contributed by atoms with E-state index in [9.17, 15) is 22.8 Å². The lowest BCUT2D eigenvalue weighted by molar-refractivity contribution is -0.141. The third-order valence-corrected chi connectivity index (χ3v) is 4.78. The van der Waals surface area contributed by atoms with Gasteiger partial charge in [-0.25, -0.2) is 4.68 Å². The normalized spacial score (nSPS) is 18.7. The summed E-state index contributed by atoms with van der Waals surface area (Å²) in [6.07, 6.45) is -0.507. The number of aromatic nitrogens is 4. The van der Waals surface area contributed by atoms with Gasteiger partial charge >= 0.3 is 6.18 Å². The number of rotatable bonds is 4. The van der Waals surface area contributed by atoms with E-state index in [2.05, 4.69) is 20.4 Å². The van der Waals surface area contributed by atoms with Crippen molar-refractivity contribution in [2.24, 2.45) is 0 Å². The molecule has 0 bridgehead atoms. The van der Waals surface area contributed by atoms with E-state index in [0.717, 1.165) is 18.3 Å². The molecule has 3 aromatic rings. The highest BCUT2D eigenvalue weighted by atomic mass is 19.4. The summed E-state index contributed by atoms with van der Waals surface area (Å²) in [5.41, 5.74) is -0.265. The van der Waals surface area contributed by atoms with Gasteiger partial charge in [-0.2, -0.15) is 18.3 Å². The number of halogens is 3. The third-order valence-electron chi connectivity index (χ3n) is 4.78. The van der Waals surface area contributed by atoms with Gasteiger partial charge in [0, 0.05) is 30.2 Å². The van der Waals surface area contributed by atoms with Crippen molar-refractivity contribution < 1.29 is 22.7 Å². The topological polar surface area (TPSA) is 99.0 Å². The minimum Gasteiger partial charge on any atom is -0.377 e. The summed E-state index contributed by atoms with van der Waals surface area (Å²) in [7, 11) is 0. The summed E-state index contributed by atoms with van der Waals surface area (Å²) >= 11 is 0. The van der Waals surface area contributed by atoms with Crippen molar-refractivity contribution in [2.75, 3.05) is 13.2 Å². The van der Waals surface area contributed by atoms with E-state index in [1.165, 1.54) is 10.7 Å². The molecule has 1 fully saturated rings. The first-order valence-electron chi connectivity index (χ1n) is 9.25. The van der Waals surface area contributed by atoms with Crippen LogP contribution in [0.5, 0.6) is 0 Å². The van der Waals surface area contributed by atoms with E-state index >= 15 is 0 Å². The van der Waals surface area contributed by atoms with Crippen molar-refractivity contribution in [2.45, 2.75) is 18.3 Å². The van der Waals surface area contributed by atoms with Gasteiger partial charge < -0.3 is 10.1 Å². The van der Waals surface area contributed by atoms with Gasteiger partial charge in [0.25, 0.3) is 11.5 Å². The van der Waals surface area contributed by atoms with Gasteiger partial charge in [0.2, 0.25) is 0 Å². The number of carbonyl (C=O) groups is 1. The van der Waals surface area contributed by atoms with Gasteiger partial charge in [0.15, 0.2) is 0 Å². The first kappa shape index (κ1) is 20.7. The van der Waals surface area contributed by atoms with Crippen molar-refractivity contribution in [1.82, 2.24) is 25.1 Å². The summed E-state index contributed by atoms with van der Waals surface area (Å²) in [6, 6.07) is 7.07. The van der Waals surface area contributed by atoms with Gasteiger partial charge in [-0.15, -0.1) is 0 Å². The van der Waals surface area contributed by atoms with Crippen LogP contribution in [0.15, 0.2) is 59.8 Å². The molecule has 0 aliphatic carbocycles. The first-order chi connectivity index (χ1) is 14.8. The molecule has 0 radical (unpaired) electrons. The number of ether oxygens (including phenoxy) is 1. The Labute approximate surface area is 173 Å². The van der Waals surface area contributed by atoms with Crippen molar-refractivity contribution in [3.05, 3.63) is 76.6 Å². The zero-order valence-corrected chi connectivity index (χ0v) is 15.9. The number of carbonyl (C=O) groups excluding carboxylic acids is 1. The monoisotopic (exact) mass is 431 g/mol. The fourth-order valence-corrected chi connectivity index (χ4v) is 3.20. The summed E-state index contributed by atoms with van der Waals surface area (Å²) in [5.74, 6) is -0.627. The van der Waals surface area contributed by atoms with Crippen molar-refractivity contribution in [3.63, 3.8) is 0 Å². The molecule has 3 aromatic heterocycles. The lowest BCUT2D eigenvalue weighted by Crippen LogP contribution is -2.44. The van der Waals surface area contributed by atoms with Gasteiger partial charge in [-0.1, -0.05) is 0 Å². The smallest absolute Gasteiger partial charge is 0.377 e. The lowest BCUT2D eigenvalue weighted by atomic mass is 10.1. The predicted molar refractivity (Wildman–Crippen MR) is 102 cm³/mol. The standard InChI is InChI=1S/C20H16F3N5O3/c21-20(22,23)17-5-3-13(9-25-17)19(30)26-15-10-31-11-16(15)28-18(29)6-4-14(27-28)12-2-1-7-24-8-12/h1-9,15-16H,10-11H2,(H,26,30). The number of pyridine rings is 2. The zero-order chi connectivity index (χ0) is 22.0. The average Bonchev–Trinajstić information content (AvgIpc) is 3.22. The van der Waals surface area contributed by atoms with Gasteiger partial charge in [0.1, 0.15) is 11.7 Å². The molecule has 1 amide bonds. The molecule has 1 aliphatic rings. The molecule has 0 spiro atoms. The van der Waals surface area contributed by atoms with Crippen LogP contribution in [0, 0.1) is 0 Å². The van der Waals surface area contributed by atoms with Gasteiger partial charge in [-0.3, -0.25) is 19.6 Å². The second-order valence-corrected chi connectivity index (χ2v) is 6.86. The SMILES string of the molecule is O=C(NC1COCC1n1nc(-c2cccnc2)ccc1=O)c1ccc(C(F)(F)F)nc1. The lowest BCUT2D eigenvalue weighted by Gasteiger charge is -2.20. The van der Waals surface area contributed by atoms with Gasteiger partial charge in [-0.05, 0) is 30.3 Å². The van der Waals surface area contributed by atoms with Gasteiger partial charge in [0.05, 0.1) is 30.5 Å². The van der Waals surface area contributed by atoms with Crippen molar-refractivity contribution in [1.29, 1.82) is 0 Å². The van der Waals surface area contributed by atoms with Crippen LogP contribution < -0.4 is 10.9 Å². The summed E-state index contributed by atoms with van der Waals surface area (Å²) < 4.78 is 44.6. The van der Waals surface area contributed by atoms with Crippen LogP contribution in [-0.2, 0) is 10.9 Å². The second kappa shape index (κ2) is 8.26. The molecular weight excluding hydrogens is 415 g/mol. The molecule has 4 heterocycles.